The number of ether oxygens (including phenoxy) is 1. The molecule has 2 atom stereocenters. The van der Waals surface area contributed by atoms with Crippen LogP contribution in [0.5, 0.6) is 5.88 Å². The van der Waals surface area contributed by atoms with E-state index in [2.05, 4.69) is 16.0 Å². The maximum absolute atomic E-state index is 13.1. The molecule has 4 heterocycles. The van der Waals surface area contributed by atoms with Gasteiger partial charge in [-0.1, -0.05) is 65.7 Å². The molecule has 0 saturated carbocycles. The highest BCUT2D eigenvalue weighted by atomic mass is 35.5. The van der Waals surface area contributed by atoms with Crippen LogP contribution in [0.15, 0.2) is 71.7 Å². The molecule has 1 saturated heterocycles. The highest BCUT2D eigenvalue weighted by Crippen LogP contribution is 2.42. The summed E-state index contributed by atoms with van der Waals surface area (Å²) < 4.78 is 7.16. The second kappa shape index (κ2) is 15.1. The highest BCUT2D eigenvalue weighted by molar-refractivity contribution is 6.39. The Morgan fingerprint density at radius 1 is 0.980 bits per heavy atom. The molecular weight excluding hydrogens is 663 g/mol. The number of aliphatic hydroxyl groups excluding tert-OH is 1. The van der Waals surface area contributed by atoms with Gasteiger partial charge in [0.25, 0.3) is 5.56 Å². The molecule has 1 fully saturated rings. The van der Waals surface area contributed by atoms with Crippen LogP contribution in [0.1, 0.15) is 36.6 Å². The van der Waals surface area contributed by atoms with Crippen LogP contribution in [0.3, 0.4) is 0 Å². The van der Waals surface area contributed by atoms with Gasteiger partial charge < -0.3 is 25.8 Å². The van der Waals surface area contributed by atoms with Crippen molar-refractivity contribution in [2.45, 2.75) is 51.9 Å². The summed E-state index contributed by atoms with van der Waals surface area (Å²) in [5.74, 6) is 0.581. The monoisotopic (exact) mass is 700 g/mol. The largest absolute Gasteiger partial charge is 0.481 e. The van der Waals surface area contributed by atoms with Crippen molar-refractivity contribution in [1.82, 2.24) is 30.3 Å². The maximum atomic E-state index is 13.1. The van der Waals surface area contributed by atoms with Crippen molar-refractivity contribution in [2.75, 3.05) is 20.2 Å². The van der Waals surface area contributed by atoms with Crippen LogP contribution in [0, 0.1) is 6.92 Å². The number of pyridine rings is 2. The third-order valence-electron chi connectivity index (χ3n) is 8.69. The lowest BCUT2D eigenvalue weighted by Gasteiger charge is -2.16. The van der Waals surface area contributed by atoms with Crippen LogP contribution in [-0.2, 0) is 17.9 Å². The quantitative estimate of drug-likeness (QED) is 0.133. The van der Waals surface area contributed by atoms with Gasteiger partial charge in [0.1, 0.15) is 5.65 Å². The Morgan fingerprint density at radius 2 is 1.69 bits per heavy atom. The zero-order valence-corrected chi connectivity index (χ0v) is 29.0. The lowest BCUT2D eigenvalue weighted by molar-refractivity contribution is -0.119. The van der Waals surface area contributed by atoms with E-state index in [0.717, 1.165) is 39.8 Å². The van der Waals surface area contributed by atoms with Gasteiger partial charge in [-0.15, -0.1) is 0 Å². The van der Waals surface area contributed by atoms with Crippen molar-refractivity contribution in [3.8, 4) is 39.4 Å². The van der Waals surface area contributed by atoms with Crippen LogP contribution >= 0.6 is 23.2 Å². The average Bonchev–Trinajstić information content (AvgIpc) is 3.51. The first-order valence-corrected chi connectivity index (χ1v) is 16.9. The average molecular weight is 702 g/mol. The summed E-state index contributed by atoms with van der Waals surface area (Å²) in [4.78, 5) is 34.2. The Bertz CT molecular complexity index is 2080. The number of benzene rings is 2. The van der Waals surface area contributed by atoms with Crippen LogP contribution in [0.4, 0.5) is 0 Å². The van der Waals surface area contributed by atoms with Crippen molar-refractivity contribution in [3.05, 3.63) is 104 Å². The van der Waals surface area contributed by atoms with E-state index < -0.39 is 6.10 Å². The van der Waals surface area contributed by atoms with Gasteiger partial charge in [-0.05, 0) is 44.0 Å². The molecule has 0 aliphatic carbocycles. The third kappa shape index (κ3) is 7.49. The van der Waals surface area contributed by atoms with Crippen molar-refractivity contribution >= 4 is 34.8 Å². The number of aliphatic hydroxyl groups is 1. The molecule has 12 heteroatoms. The van der Waals surface area contributed by atoms with E-state index in [0.29, 0.717) is 71.1 Å². The van der Waals surface area contributed by atoms with E-state index in [-0.39, 0.29) is 17.5 Å². The Hall–Kier alpha value is -4.32. The zero-order valence-electron chi connectivity index (χ0n) is 27.5. The first-order chi connectivity index (χ1) is 23.6. The SMILES string of the molecule is COc1nc(-c2cccc(-c3cccc(-c4ccn5c(=O)c(C)c(CNC[C@H](C)O)nc5c4)c3Cl)c2Cl)ccc1CNC[C@H]1CCC(=O)N1. The van der Waals surface area contributed by atoms with Gasteiger partial charge in [0.15, 0.2) is 0 Å². The Kier molecular flexibility index (Phi) is 10.6. The molecule has 1 aliphatic heterocycles. The molecular formula is C37H38Cl2N6O4. The molecule has 10 nitrogen and oxygen atoms in total. The molecule has 4 N–H and O–H groups in total. The summed E-state index contributed by atoms with van der Waals surface area (Å²) in [6.07, 6.45) is 2.59. The number of hydrogen-bond donors (Lipinski definition) is 4. The molecule has 0 radical (unpaired) electrons. The van der Waals surface area contributed by atoms with Gasteiger partial charge in [-0.2, -0.15) is 0 Å². The smallest absolute Gasteiger partial charge is 0.261 e. The van der Waals surface area contributed by atoms with Crippen LogP contribution in [0.2, 0.25) is 10.0 Å². The molecule has 2 aromatic carbocycles. The van der Waals surface area contributed by atoms with E-state index in [1.165, 1.54) is 4.40 Å². The third-order valence-corrected chi connectivity index (χ3v) is 9.50. The molecule has 1 amide bonds. The number of fused-ring (bicyclic) bond motifs is 1. The molecule has 254 valence electrons. The number of rotatable bonds is 12. The Balaban J connectivity index is 1.28. The minimum Gasteiger partial charge on any atom is -0.481 e. The molecule has 0 unspecified atom stereocenters. The molecule has 5 aromatic rings. The number of aromatic nitrogens is 3. The van der Waals surface area contributed by atoms with E-state index >= 15 is 0 Å². The van der Waals surface area contributed by atoms with Gasteiger partial charge in [0, 0.05) is 78.2 Å². The van der Waals surface area contributed by atoms with E-state index in [1.54, 1.807) is 27.2 Å². The predicted molar refractivity (Wildman–Crippen MR) is 193 cm³/mol. The van der Waals surface area contributed by atoms with Crippen molar-refractivity contribution < 1.29 is 14.6 Å². The van der Waals surface area contributed by atoms with Gasteiger partial charge in [0.2, 0.25) is 11.8 Å². The molecule has 0 bridgehead atoms. The highest BCUT2D eigenvalue weighted by Gasteiger charge is 2.21. The number of nitrogens with zero attached hydrogens (tertiary/aromatic N) is 3. The van der Waals surface area contributed by atoms with E-state index in [4.69, 9.17) is 37.9 Å². The second-order valence-electron chi connectivity index (χ2n) is 12.2. The van der Waals surface area contributed by atoms with E-state index in [1.807, 2.05) is 60.7 Å². The lowest BCUT2D eigenvalue weighted by atomic mass is 9.97. The van der Waals surface area contributed by atoms with Gasteiger partial charge in [-0.3, -0.25) is 14.0 Å². The first-order valence-electron chi connectivity index (χ1n) is 16.2. The standard InChI is InChI=1S/C37H38Cl2N6O4/c1-21(46)17-40-20-31-22(2)37(48)45-15-14-23(16-32(45)43-31)26-6-4-7-27(34(26)38)28-8-5-9-29(35(28)39)30-12-10-24(36(44-30)49-3)18-41-19-25-11-13-33(47)42-25/h4-10,12,14-16,21,25,40-41,46H,11,13,17-20H2,1-3H3,(H,42,47)/t21-,25+/m0/s1. The molecule has 3 aromatic heterocycles. The Morgan fingerprint density at radius 3 is 2.39 bits per heavy atom. The van der Waals surface area contributed by atoms with Gasteiger partial charge in [-0.25, -0.2) is 9.97 Å². The van der Waals surface area contributed by atoms with Crippen LogP contribution < -0.4 is 26.2 Å². The van der Waals surface area contributed by atoms with Gasteiger partial charge >= 0.3 is 0 Å². The maximum Gasteiger partial charge on any atom is 0.261 e. The minimum atomic E-state index is -0.510. The van der Waals surface area contributed by atoms with E-state index in [9.17, 15) is 14.7 Å². The fourth-order valence-electron chi connectivity index (χ4n) is 6.05. The lowest BCUT2D eigenvalue weighted by Crippen LogP contribution is -2.35. The number of amides is 1. The number of carbonyl (C=O) groups is 1. The number of hydrogen-bond acceptors (Lipinski definition) is 8. The van der Waals surface area contributed by atoms with Crippen molar-refractivity contribution in [3.63, 3.8) is 0 Å². The minimum absolute atomic E-state index is 0.0921. The van der Waals surface area contributed by atoms with Crippen LogP contribution in [0.25, 0.3) is 39.2 Å². The molecule has 0 spiro atoms. The second-order valence-corrected chi connectivity index (χ2v) is 13.0. The number of methoxy groups -OCH3 is 1. The first kappa shape index (κ1) is 34.5. The van der Waals surface area contributed by atoms with Gasteiger partial charge in [0.05, 0.1) is 34.6 Å². The summed E-state index contributed by atoms with van der Waals surface area (Å²) in [5, 5.41) is 20.1. The van der Waals surface area contributed by atoms with Crippen molar-refractivity contribution in [2.24, 2.45) is 0 Å². The molecule has 1 aliphatic rings. The Labute approximate surface area is 294 Å². The molecule has 6 rings (SSSR count). The molecule has 49 heavy (non-hydrogen) atoms. The topological polar surface area (TPSA) is 130 Å². The fourth-order valence-corrected chi connectivity index (χ4v) is 6.72. The normalized spacial score (nSPS) is 15.1. The number of carbonyl (C=O) groups excluding carboxylic acids is 1. The summed E-state index contributed by atoms with van der Waals surface area (Å²) in [5.41, 5.74) is 6.84. The number of halogens is 2. The van der Waals surface area contributed by atoms with Crippen LogP contribution in [-0.4, -0.2) is 57.7 Å². The summed E-state index contributed by atoms with van der Waals surface area (Å²) >= 11 is 14.2. The summed E-state index contributed by atoms with van der Waals surface area (Å²) in [6, 6.07) is 19.2. The van der Waals surface area contributed by atoms with Crippen molar-refractivity contribution in [1.29, 1.82) is 0 Å². The summed E-state index contributed by atoms with van der Waals surface area (Å²) in [7, 11) is 1.59. The number of nitrogens with one attached hydrogen (secondary N) is 3. The predicted octanol–water partition coefficient (Wildman–Crippen LogP) is 5.55. The zero-order chi connectivity index (χ0) is 34.7. The fraction of sp³-hybridized carbons (Fsp3) is 0.297. The summed E-state index contributed by atoms with van der Waals surface area (Å²) in [6.45, 7) is 5.41.